The molecule has 0 unspecified atom stereocenters. The molecule has 5 rings (SSSR count). The maximum absolute atomic E-state index is 11.7. The van der Waals surface area contributed by atoms with E-state index in [-0.39, 0.29) is 5.75 Å². The second-order valence-corrected chi connectivity index (χ2v) is 10.5. The van der Waals surface area contributed by atoms with Crippen molar-refractivity contribution in [1.29, 1.82) is 0 Å². The van der Waals surface area contributed by atoms with Gasteiger partial charge in [-0.2, -0.15) is 0 Å². The summed E-state index contributed by atoms with van der Waals surface area (Å²) in [6.45, 7) is 4.91. The Morgan fingerprint density at radius 1 is 1.21 bits per heavy atom. The number of pyridine rings is 1. The standard InChI is InChI=1S/C23H26N6O3S/c1-14-18(11-26-22-20(14)25-8-9-32-22)21-17-6-7-24-12-19(17)28-23(29-21)27-16-5-3-4-15(10-16)13-33(2,30)31/h3-5,10-11,24-25H,6-9,12-13H2,1-2H3,(H,27,28,29). The van der Waals surface area contributed by atoms with Crippen LogP contribution in [0.4, 0.5) is 17.3 Å². The van der Waals surface area contributed by atoms with Gasteiger partial charge in [0, 0.05) is 42.4 Å². The summed E-state index contributed by atoms with van der Waals surface area (Å²) in [6.07, 6.45) is 3.88. The molecule has 10 heteroatoms. The van der Waals surface area contributed by atoms with Crippen LogP contribution in [0.3, 0.4) is 0 Å². The van der Waals surface area contributed by atoms with Crippen molar-refractivity contribution in [2.24, 2.45) is 0 Å². The van der Waals surface area contributed by atoms with Gasteiger partial charge in [0.15, 0.2) is 9.84 Å². The predicted molar refractivity (Wildman–Crippen MR) is 128 cm³/mol. The maximum atomic E-state index is 11.7. The number of rotatable bonds is 5. The van der Waals surface area contributed by atoms with Crippen LogP contribution in [0.25, 0.3) is 11.3 Å². The van der Waals surface area contributed by atoms with E-state index in [1.807, 2.05) is 24.4 Å². The lowest BCUT2D eigenvalue weighted by Crippen LogP contribution is -2.26. The van der Waals surface area contributed by atoms with Gasteiger partial charge in [-0.1, -0.05) is 12.1 Å². The first-order valence-electron chi connectivity index (χ1n) is 10.9. The average molecular weight is 467 g/mol. The molecule has 0 aliphatic carbocycles. The summed E-state index contributed by atoms with van der Waals surface area (Å²) in [5.41, 5.74) is 7.26. The highest BCUT2D eigenvalue weighted by molar-refractivity contribution is 7.89. The smallest absolute Gasteiger partial charge is 0.237 e. The van der Waals surface area contributed by atoms with E-state index in [0.29, 0.717) is 30.5 Å². The van der Waals surface area contributed by atoms with Gasteiger partial charge < -0.3 is 20.7 Å². The fraction of sp³-hybridized carbons (Fsp3) is 0.348. The molecule has 2 aliphatic rings. The molecule has 0 saturated heterocycles. The number of hydrogen-bond donors (Lipinski definition) is 3. The molecule has 2 aliphatic heterocycles. The molecule has 2 aromatic heterocycles. The number of nitrogens with zero attached hydrogens (tertiary/aromatic N) is 3. The molecule has 0 bridgehead atoms. The molecule has 0 atom stereocenters. The summed E-state index contributed by atoms with van der Waals surface area (Å²) < 4.78 is 29.1. The molecule has 9 nitrogen and oxygen atoms in total. The molecular weight excluding hydrogens is 440 g/mol. The predicted octanol–water partition coefficient (Wildman–Crippen LogP) is 2.59. The largest absolute Gasteiger partial charge is 0.474 e. The molecule has 3 aromatic rings. The van der Waals surface area contributed by atoms with E-state index in [1.165, 1.54) is 6.26 Å². The van der Waals surface area contributed by atoms with Gasteiger partial charge in [-0.15, -0.1) is 0 Å². The van der Waals surface area contributed by atoms with E-state index in [0.717, 1.165) is 59.0 Å². The van der Waals surface area contributed by atoms with Crippen molar-refractivity contribution in [3.8, 4) is 17.1 Å². The van der Waals surface area contributed by atoms with Gasteiger partial charge in [0.1, 0.15) is 12.3 Å². The average Bonchev–Trinajstić information content (AvgIpc) is 2.78. The number of aromatic nitrogens is 3. The Balaban J connectivity index is 1.55. The SMILES string of the molecule is Cc1c(-c2nc(Nc3cccc(CS(C)(=O)=O)c3)nc3c2CCNC3)cnc2c1NCCO2. The van der Waals surface area contributed by atoms with Crippen LogP contribution in [0, 0.1) is 6.92 Å². The normalized spacial score (nSPS) is 15.1. The minimum atomic E-state index is -3.12. The van der Waals surface area contributed by atoms with Crippen molar-refractivity contribution in [1.82, 2.24) is 20.3 Å². The first kappa shape index (κ1) is 21.6. The Labute approximate surface area is 193 Å². The second kappa shape index (κ2) is 8.60. The van der Waals surface area contributed by atoms with Crippen molar-refractivity contribution in [3.63, 3.8) is 0 Å². The van der Waals surface area contributed by atoms with Crippen molar-refractivity contribution in [2.75, 3.05) is 36.6 Å². The third-order valence-corrected chi connectivity index (χ3v) is 6.61. The van der Waals surface area contributed by atoms with Crippen molar-refractivity contribution in [2.45, 2.75) is 25.6 Å². The summed E-state index contributed by atoms with van der Waals surface area (Å²) in [5.74, 6) is 1.07. The van der Waals surface area contributed by atoms with E-state index in [9.17, 15) is 8.42 Å². The number of hydrogen-bond acceptors (Lipinski definition) is 9. The zero-order chi connectivity index (χ0) is 23.0. The first-order valence-corrected chi connectivity index (χ1v) is 12.9. The summed E-state index contributed by atoms with van der Waals surface area (Å²) in [7, 11) is -3.12. The Morgan fingerprint density at radius 2 is 2.09 bits per heavy atom. The van der Waals surface area contributed by atoms with E-state index in [4.69, 9.17) is 14.7 Å². The fourth-order valence-corrected chi connectivity index (χ4v) is 5.05. The molecule has 0 saturated carbocycles. The number of anilines is 3. The number of sulfone groups is 1. The van der Waals surface area contributed by atoms with Gasteiger partial charge in [0.2, 0.25) is 11.8 Å². The monoisotopic (exact) mass is 466 g/mol. The molecule has 0 fully saturated rings. The summed E-state index contributed by atoms with van der Waals surface area (Å²) in [4.78, 5) is 14.2. The Bertz CT molecular complexity index is 1330. The molecule has 4 heterocycles. The van der Waals surface area contributed by atoms with Crippen molar-refractivity contribution >= 4 is 27.2 Å². The maximum Gasteiger partial charge on any atom is 0.237 e. The van der Waals surface area contributed by atoms with Crippen molar-refractivity contribution in [3.05, 3.63) is 52.8 Å². The van der Waals surface area contributed by atoms with Crippen LogP contribution in [0.5, 0.6) is 5.88 Å². The van der Waals surface area contributed by atoms with Gasteiger partial charge in [-0.25, -0.2) is 23.4 Å². The summed E-state index contributed by atoms with van der Waals surface area (Å²) in [6, 6.07) is 7.31. The first-order chi connectivity index (χ1) is 15.9. The lowest BCUT2D eigenvalue weighted by atomic mass is 9.97. The molecule has 3 N–H and O–H groups in total. The minimum Gasteiger partial charge on any atom is -0.474 e. The topological polar surface area (TPSA) is 118 Å². The lowest BCUT2D eigenvalue weighted by molar-refractivity contribution is 0.310. The van der Waals surface area contributed by atoms with E-state index in [2.05, 4.69) is 27.9 Å². The zero-order valence-electron chi connectivity index (χ0n) is 18.6. The Morgan fingerprint density at radius 3 is 2.94 bits per heavy atom. The summed E-state index contributed by atoms with van der Waals surface area (Å²) >= 11 is 0. The third kappa shape index (κ3) is 4.62. The van der Waals surface area contributed by atoms with E-state index in [1.54, 1.807) is 6.07 Å². The van der Waals surface area contributed by atoms with Gasteiger partial charge in [-0.05, 0) is 43.1 Å². The van der Waals surface area contributed by atoms with E-state index >= 15 is 0 Å². The second-order valence-electron chi connectivity index (χ2n) is 8.40. The molecule has 172 valence electrons. The highest BCUT2D eigenvalue weighted by atomic mass is 32.2. The van der Waals surface area contributed by atoms with Gasteiger partial charge >= 0.3 is 0 Å². The molecule has 0 amide bonds. The number of benzene rings is 1. The van der Waals surface area contributed by atoms with Crippen LogP contribution < -0.4 is 20.7 Å². The molecule has 33 heavy (non-hydrogen) atoms. The number of fused-ring (bicyclic) bond motifs is 2. The molecule has 0 radical (unpaired) electrons. The molecule has 0 spiro atoms. The van der Waals surface area contributed by atoms with Gasteiger partial charge in [-0.3, -0.25) is 0 Å². The molecular formula is C23H26N6O3S. The van der Waals surface area contributed by atoms with E-state index < -0.39 is 9.84 Å². The minimum absolute atomic E-state index is 0.0161. The quantitative estimate of drug-likeness (QED) is 0.521. The van der Waals surface area contributed by atoms with Crippen molar-refractivity contribution < 1.29 is 13.2 Å². The van der Waals surface area contributed by atoms with Crippen LogP contribution in [0.1, 0.15) is 22.4 Å². The van der Waals surface area contributed by atoms with Crippen LogP contribution >= 0.6 is 0 Å². The van der Waals surface area contributed by atoms with Crippen LogP contribution in [-0.2, 0) is 28.6 Å². The van der Waals surface area contributed by atoms with Gasteiger partial charge in [0.25, 0.3) is 0 Å². The summed E-state index contributed by atoms with van der Waals surface area (Å²) in [5, 5.41) is 10.0. The van der Waals surface area contributed by atoms with Gasteiger partial charge in [0.05, 0.1) is 17.1 Å². The lowest BCUT2D eigenvalue weighted by Gasteiger charge is -2.24. The number of ether oxygens (including phenoxy) is 1. The van der Waals surface area contributed by atoms with Crippen LogP contribution in [0.15, 0.2) is 30.5 Å². The highest BCUT2D eigenvalue weighted by Gasteiger charge is 2.23. The van der Waals surface area contributed by atoms with Crippen LogP contribution in [-0.4, -0.2) is 49.3 Å². The highest BCUT2D eigenvalue weighted by Crippen LogP contribution is 2.37. The Hall–Kier alpha value is -3.24. The third-order valence-electron chi connectivity index (χ3n) is 5.75. The fourth-order valence-electron chi connectivity index (χ4n) is 4.27. The van der Waals surface area contributed by atoms with Crippen LogP contribution in [0.2, 0.25) is 0 Å². The molecule has 1 aromatic carbocycles. The zero-order valence-corrected chi connectivity index (χ0v) is 19.4. The number of nitrogens with one attached hydrogen (secondary N) is 3. The Kier molecular flexibility index (Phi) is 5.63.